The number of nitrogens with one attached hydrogen (secondary N) is 1. The lowest BCUT2D eigenvalue weighted by Crippen LogP contribution is -2.37. The molecular formula is C26H31FN6O4. The molecule has 4 rings (SSSR count). The van der Waals surface area contributed by atoms with E-state index in [9.17, 15) is 9.59 Å². The molecule has 0 radical (unpaired) electrons. The van der Waals surface area contributed by atoms with Gasteiger partial charge in [-0.2, -0.15) is 5.10 Å². The lowest BCUT2D eigenvalue weighted by atomic mass is 10.0. The number of primary amides is 1. The van der Waals surface area contributed by atoms with Crippen molar-refractivity contribution in [2.75, 3.05) is 19.5 Å². The van der Waals surface area contributed by atoms with Gasteiger partial charge in [0.25, 0.3) is 5.91 Å². The zero-order valence-corrected chi connectivity index (χ0v) is 21.5. The zero-order chi connectivity index (χ0) is 26.9. The Morgan fingerprint density at radius 2 is 2.03 bits per heavy atom. The summed E-state index contributed by atoms with van der Waals surface area (Å²) in [5.41, 5.74) is 7.52. The van der Waals surface area contributed by atoms with Crippen LogP contribution in [0.5, 0.6) is 11.5 Å². The van der Waals surface area contributed by atoms with Crippen LogP contribution in [0, 0.1) is 11.7 Å². The van der Waals surface area contributed by atoms with Gasteiger partial charge in [-0.3, -0.25) is 14.3 Å². The topological polar surface area (TPSA) is 125 Å². The number of hydrogen-bond donors (Lipinski definition) is 2. The van der Waals surface area contributed by atoms with Gasteiger partial charge >= 0.3 is 0 Å². The summed E-state index contributed by atoms with van der Waals surface area (Å²) in [5.74, 6) is -0.479. The van der Waals surface area contributed by atoms with Crippen molar-refractivity contribution in [1.82, 2.24) is 19.7 Å². The van der Waals surface area contributed by atoms with Crippen LogP contribution in [-0.2, 0) is 24.9 Å². The standard InChI is InChI=1S/C26H31FN6O4/c1-14(2)8-19(24(28)34)30-25-22(27)18-13-33(12-15-6-7-17(36-4)9-20(15)37-5)26(35)21(18)23(31-25)16-10-29-32(3)11-16/h6-7,9-11,14,19H,8,12-13H2,1-5H3,(H2,28,34)(H,30,31)/t19-/m1/s1. The van der Waals surface area contributed by atoms with Crippen molar-refractivity contribution < 1.29 is 23.5 Å². The number of aromatic nitrogens is 3. The summed E-state index contributed by atoms with van der Waals surface area (Å²) in [7, 11) is 4.83. The monoisotopic (exact) mass is 510 g/mol. The van der Waals surface area contributed by atoms with E-state index in [1.54, 1.807) is 49.4 Å². The maximum Gasteiger partial charge on any atom is 0.257 e. The third kappa shape index (κ3) is 5.20. The summed E-state index contributed by atoms with van der Waals surface area (Å²) in [4.78, 5) is 31.7. The number of aryl methyl sites for hydroxylation is 1. The lowest BCUT2D eigenvalue weighted by molar-refractivity contribution is -0.119. The molecule has 37 heavy (non-hydrogen) atoms. The third-order valence-electron chi connectivity index (χ3n) is 6.28. The number of nitrogens with zero attached hydrogens (tertiary/aromatic N) is 4. The number of benzene rings is 1. The molecule has 0 saturated carbocycles. The minimum atomic E-state index is -0.821. The van der Waals surface area contributed by atoms with Crippen molar-refractivity contribution in [3.8, 4) is 22.8 Å². The van der Waals surface area contributed by atoms with Crippen LogP contribution in [0.3, 0.4) is 0 Å². The van der Waals surface area contributed by atoms with Crippen molar-refractivity contribution in [1.29, 1.82) is 0 Å². The highest BCUT2D eigenvalue weighted by molar-refractivity contribution is 6.04. The highest BCUT2D eigenvalue weighted by Crippen LogP contribution is 2.37. The molecule has 2 amide bonds. The fourth-order valence-corrected chi connectivity index (χ4v) is 4.46. The maximum atomic E-state index is 15.8. The molecule has 3 N–H and O–H groups in total. The van der Waals surface area contributed by atoms with E-state index in [1.807, 2.05) is 13.8 Å². The summed E-state index contributed by atoms with van der Waals surface area (Å²) in [5, 5.41) is 7.07. The van der Waals surface area contributed by atoms with E-state index in [0.717, 1.165) is 5.56 Å². The van der Waals surface area contributed by atoms with Crippen LogP contribution >= 0.6 is 0 Å². The van der Waals surface area contributed by atoms with Crippen LogP contribution in [0.25, 0.3) is 11.3 Å². The molecule has 196 valence electrons. The first-order valence-electron chi connectivity index (χ1n) is 11.9. The van der Waals surface area contributed by atoms with E-state index < -0.39 is 17.8 Å². The number of carbonyl (C=O) groups excluding carboxylic acids is 2. The first-order chi connectivity index (χ1) is 17.6. The summed E-state index contributed by atoms with van der Waals surface area (Å²) in [6, 6.07) is 4.49. The van der Waals surface area contributed by atoms with Crippen molar-refractivity contribution in [2.24, 2.45) is 18.7 Å². The molecule has 0 aliphatic carbocycles. The molecule has 3 aromatic rings. The van der Waals surface area contributed by atoms with Crippen LogP contribution in [0.1, 0.15) is 41.8 Å². The first kappa shape index (κ1) is 25.9. The van der Waals surface area contributed by atoms with Crippen LogP contribution in [-0.4, -0.2) is 51.7 Å². The molecule has 1 aliphatic rings. The molecule has 10 nitrogen and oxygen atoms in total. The molecule has 0 fully saturated rings. The summed E-state index contributed by atoms with van der Waals surface area (Å²) >= 11 is 0. The van der Waals surface area contributed by atoms with E-state index in [0.29, 0.717) is 23.5 Å². The van der Waals surface area contributed by atoms with Crippen LogP contribution < -0.4 is 20.5 Å². The Morgan fingerprint density at radius 3 is 2.62 bits per heavy atom. The van der Waals surface area contributed by atoms with Gasteiger partial charge < -0.3 is 25.4 Å². The second kappa shape index (κ2) is 10.5. The van der Waals surface area contributed by atoms with Crippen LogP contribution in [0.4, 0.5) is 10.2 Å². The molecule has 0 bridgehead atoms. The van der Waals surface area contributed by atoms with Gasteiger partial charge in [0.15, 0.2) is 11.6 Å². The number of rotatable bonds is 10. The minimum absolute atomic E-state index is 0.0189. The Bertz CT molecular complexity index is 1340. The largest absolute Gasteiger partial charge is 0.497 e. The highest BCUT2D eigenvalue weighted by atomic mass is 19.1. The Morgan fingerprint density at radius 1 is 1.27 bits per heavy atom. The van der Waals surface area contributed by atoms with Gasteiger partial charge in [-0.1, -0.05) is 13.8 Å². The molecule has 1 aliphatic heterocycles. The van der Waals surface area contributed by atoms with Gasteiger partial charge in [-0.15, -0.1) is 0 Å². The number of hydrogen-bond acceptors (Lipinski definition) is 7. The number of methoxy groups -OCH3 is 2. The van der Waals surface area contributed by atoms with Crippen molar-refractivity contribution in [3.63, 3.8) is 0 Å². The van der Waals surface area contributed by atoms with Crippen LogP contribution in [0.2, 0.25) is 0 Å². The van der Waals surface area contributed by atoms with Crippen molar-refractivity contribution >= 4 is 17.6 Å². The Balaban J connectivity index is 1.76. The Labute approximate surface area is 214 Å². The van der Waals surface area contributed by atoms with E-state index in [1.165, 1.54) is 12.0 Å². The summed E-state index contributed by atoms with van der Waals surface area (Å²) in [6.45, 7) is 4.09. The predicted octanol–water partition coefficient (Wildman–Crippen LogP) is 3.11. The molecule has 0 saturated heterocycles. The highest BCUT2D eigenvalue weighted by Gasteiger charge is 2.37. The Hall–Kier alpha value is -4.15. The fourth-order valence-electron chi connectivity index (χ4n) is 4.46. The minimum Gasteiger partial charge on any atom is -0.497 e. The molecule has 0 spiro atoms. The summed E-state index contributed by atoms with van der Waals surface area (Å²) < 4.78 is 28.2. The second-order valence-electron chi connectivity index (χ2n) is 9.45. The van der Waals surface area contributed by atoms with Gasteiger partial charge in [0.1, 0.15) is 17.5 Å². The van der Waals surface area contributed by atoms with Gasteiger partial charge in [0.2, 0.25) is 5.91 Å². The number of carbonyl (C=O) groups is 2. The molecule has 1 atom stereocenters. The fraction of sp³-hybridized carbons (Fsp3) is 0.385. The quantitative estimate of drug-likeness (QED) is 0.429. The van der Waals surface area contributed by atoms with Gasteiger partial charge in [-0.05, 0) is 24.5 Å². The maximum absolute atomic E-state index is 15.8. The second-order valence-corrected chi connectivity index (χ2v) is 9.45. The van der Waals surface area contributed by atoms with Gasteiger partial charge in [0, 0.05) is 42.5 Å². The van der Waals surface area contributed by atoms with E-state index in [-0.39, 0.29) is 47.6 Å². The molecular weight excluding hydrogens is 479 g/mol. The van der Waals surface area contributed by atoms with Crippen molar-refractivity contribution in [2.45, 2.75) is 39.4 Å². The third-order valence-corrected chi connectivity index (χ3v) is 6.28. The predicted molar refractivity (Wildman–Crippen MR) is 136 cm³/mol. The number of pyridine rings is 1. The van der Waals surface area contributed by atoms with Gasteiger partial charge in [0.05, 0.1) is 38.2 Å². The molecule has 0 unspecified atom stereocenters. The molecule has 3 heterocycles. The number of anilines is 1. The van der Waals surface area contributed by atoms with E-state index >= 15 is 4.39 Å². The Kier molecular flexibility index (Phi) is 7.33. The number of fused-ring (bicyclic) bond motifs is 1. The number of amides is 2. The van der Waals surface area contributed by atoms with E-state index in [4.69, 9.17) is 15.2 Å². The average molecular weight is 511 g/mol. The molecule has 2 aromatic heterocycles. The van der Waals surface area contributed by atoms with Gasteiger partial charge in [-0.25, -0.2) is 9.37 Å². The number of nitrogens with two attached hydrogens (primary N) is 1. The summed E-state index contributed by atoms with van der Waals surface area (Å²) in [6.07, 6.45) is 3.66. The van der Waals surface area contributed by atoms with Crippen LogP contribution in [0.15, 0.2) is 30.6 Å². The zero-order valence-electron chi connectivity index (χ0n) is 21.5. The number of halogens is 1. The molecule has 1 aromatic carbocycles. The molecule has 11 heteroatoms. The SMILES string of the molecule is COc1ccc(CN2Cc3c(F)c(N[C@H](CC(C)C)C(N)=O)nc(-c4cnn(C)c4)c3C2=O)c(OC)c1. The lowest BCUT2D eigenvalue weighted by Gasteiger charge is -2.19. The van der Waals surface area contributed by atoms with Crippen molar-refractivity contribution in [3.05, 3.63) is 53.1 Å². The van der Waals surface area contributed by atoms with E-state index in [2.05, 4.69) is 15.4 Å². The average Bonchev–Trinajstić information content (AvgIpc) is 3.43. The normalized spacial score (nSPS) is 13.6. The first-order valence-corrected chi connectivity index (χ1v) is 11.9. The smallest absolute Gasteiger partial charge is 0.257 e. The number of ether oxygens (including phenoxy) is 2.